The summed E-state index contributed by atoms with van der Waals surface area (Å²) in [6.45, 7) is 0.374. The molecule has 0 saturated heterocycles. The van der Waals surface area contributed by atoms with Crippen molar-refractivity contribution in [1.29, 1.82) is 0 Å². The highest BCUT2D eigenvalue weighted by Crippen LogP contribution is 2.19. The van der Waals surface area contributed by atoms with Crippen LogP contribution in [-0.4, -0.2) is 26.2 Å². The van der Waals surface area contributed by atoms with E-state index in [4.69, 9.17) is 0 Å². The average molecular weight is 290 g/mol. The molecule has 1 aromatic carbocycles. The second-order valence-electron chi connectivity index (χ2n) is 4.75. The zero-order valence-electron chi connectivity index (χ0n) is 11.4. The first-order valence-electron chi connectivity index (χ1n) is 6.44. The van der Waals surface area contributed by atoms with Gasteiger partial charge in [-0.2, -0.15) is 0 Å². The SMILES string of the molecule is CS(=O)(=O)NCC(Cc1ccccn1)c1ccccc1. The second-order valence-corrected chi connectivity index (χ2v) is 6.59. The third-order valence-electron chi connectivity index (χ3n) is 3.04. The minimum Gasteiger partial charge on any atom is -0.261 e. The average Bonchev–Trinajstić information content (AvgIpc) is 2.44. The van der Waals surface area contributed by atoms with Crippen molar-refractivity contribution in [3.05, 3.63) is 66.0 Å². The van der Waals surface area contributed by atoms with E-state index in [1.165, 1.54) is 6.26 Å². The van der Waals surface area contributed by atoms with Crippen LogP contribution in [0.3, 0.4) is 0 Å². The topological polar surface area (TPSA) is 59.1 Å². The molecule has 1 heterocycles. The molecule has 1 atom stereocenters. The quantitative estimate of drug-likeness (QED) is 0.884. The van der Waals surface area contributed by atoms with Gasteiger partial charge in [0.05, 0.1) is 6.26 Å². The molecule has 1 N–H and O–H groups in total. The van der Waals surface area contributed by atoms with Crippen LogP contribution >= 0.6 is 0 Å². The standard InChI is InChI=1S/C15H18N2O2S/c1-20(18,19)17-12-14(13-7-3-2-4-8-13)11-15-9-5-6-10-16-15/h2-10,14,17H,11-12H2,1H3. The monoisotopic (exact) mass is 290 g/mol. The van der Waals surface area contributed by atoms with Crippen LogP contribution in [0, 0.1) is 0 Å². The first-order valence-corrected chi connectivity index (χ1v) is 8.33. The number of nitrogens with one attached hydrogen (secondary N) is 1. The van der Waals surface area contributed by atoms with Gasteiger partial charge in [0.15, 0.2) is 0 Å². The Morgan fingerprint density at radius 2 is 1.80 bits per heavy atom. The van der Waals surface area contributed by atoms with Gasteiger partial charge in [0.1, 0.15) is 0 Å². The summed E-state index contributed by atoms with van der Waals surface area (Å²) in [6, 6.07) is 15.7. The smallest absolute Gasteiger partial charge is 0.208 e. The summed E-state index contributed by atoms with van der Waals surface area (Å²) >= 11 is 0. The van der Waals surface area contributed by atoms with Crippen LogP contribution < -0.4 is 4.72 Å². The van der Waals surface area contributed by atoms with Crippen molar-refractivity contribution < 1.29 is 8.42 Å². The molecule has 4 nitrogen and oxygen atoms in total. The Bertz CT molecular complexity index is 627. The van der Waals surface area contributed by atoms with Crippen LogP contribution in [0.5, 0.6) is 0 Å². The van der Waals surface area contributed by atoms with E-state index in [2.05, 4.69) is 9.71 Å². The van der Waals surface area contributed by atoms with E-state index in [-0.39, 0.29) is 5.92 Å². The Balaban J connectivity index is 2.16. The molecular weight excluding hydrogens is 272 g/mol. The Hall–Kier alpha value is -1.72. The zero-order chi connectivity index (χ0) is 14.4. The normalized spacial score (nSPS) is 13.1. The van der Waals surface area contributed by atoms with Crippen molar-refractivity contribution in [1.82, 2.24) is 9.71 Å². The van der Waals surface area contributed by atoms with Crippen molar-refractivity contribution in [2.24, 2.45) is 0 Å². The Kier molecular flexibility index (Phi) is 4.87. The van der Waals surface area contributed by atoms with Crippen molar-refractivity contribution in [3.63, 3.8) is 0 Å². The van der Waals surface area contributed by atoms with E-state index < -0.39 is 10.0 Å². The summed E-state index contributed by atoms with van der Waals surface area (Å²) in [7, 11) is -3.19. The van der Waals surface area contributed by atoms with Gasteiger partial charge in [-0.15, -0.1) is 0 Å². The number of rotatable bonds is 6. The van der Waals surface area contributed by atoms with Crippen molar-refractivity contribution in [2.45, 2.75) is 12.3 Å². The maximum atomic E-state index is 11.3. The van der Waals surface area contributed by atoms with Gasteiger partial charge in [-0.3, -0.25) is 4.98 Å². The number of aromatic nitrogens is 1. The van der Waals surface area contributed by atoms with E-state index in [1.54, 1.807) is 6.20 Å². The Morgan fingerprint density at radius 3 is 2.40 bits per heavy atom. The molecule has 0 aliphatic carbocycles. The molecule has 0 amide bonds. The van der Waals surface area contributed by atoms with Gasteiger partial charge >= 0.3 is 0 Å². The molecule has 0 aliphatic rings. The van der Waals surface area contributed by atoms with Gasteiger partial charge in [-0.05, 0) is 24.1 Å². The molecule has 2 aromatic rings. The molecule has 106 valence electrons. The van der Waals surface area contributed by atoms with Crippen LogP contribution in [0.4, 0.5) is 0 Å². The molecule has 0 fully saturated rings. The number of benzene rings is 1. The summed E-state index contributed by atoms with van der Waals surface area (Å²) in [5.74, 6) is 0.0702. The number of sulfonamides is 1. The number of nitrogens with zero attached hydrogens (tertiary/aromatic N) is 1. The number of hydrogen-bond donors (Lipinski definition) is 1. The van der Waals surface area contributed by atoms with E-state index >= 15 is 0 Å². The van der Waals surface area contributed by atoms with Crippen molar-refractivity contribution in [3.8, 4) is 0 Å². The largest absolute Gasteiger partial charge is 0.261 e. The lowest BCUT2D eigenvalue weighted by atomic mass is 9.94. The second kappa shape index (κ2) is 6.63. The molecule has 0 spiro atoms. The Labute approximate surface area is 119 Å². The fraction of sp³-hybridized carbons (Fsp3) is 0.267. The predicted molar refractivity (Wildman–Crippen MR) is 80.0 cm³/mol. The van der Waals surface area contributed by atoms with Gasteiger partial charge in [0, 0.05) is 24.4 Å². The van der Waals surface area contributed by atoms with Gasteiger partial charge < -0.3 is 0 Å². The molecule has 5 heteroatoms. The lowest BCUT2D eigenvalue weighted by Crippen LogP contribution is -2.28. The third-order valence-corrected chi connectivity index (χ3v) is 3.74. The van der Waals surface area contributed by atoms with Gasteiger partial charge in [-0.1, -0.05) is 36.4 Å². The van der Waals surface area contributed by atoms with E-state index in [0.29, 0.717) is 13.0 Å². The molecule has 1 aromatic heterocycles. The first-order chi connectivity index (χ1) is 9.54. The molecule has 2 rings (SSSR count). The highest BCUT2D eigenvalue weighted by Gasteiger charge is 2.14. The molecular formula is C15H18N2O2S. The van der Waals surface area contributed by atoms with Crippen LogP contribution in [0.15, 0.2) is 54.7 Å². The minimum absolute atomic E-state index is 0.0702. The van der Waals surface area contributed by atoms with Crippen LogP contribution in [0.1, 0.15) is 17.2 Å². The Morgan fingerprint density at radius 1 is 1.10 bits per heavy atom. The lowest BCUT2D eigenvalue weighted by molar-refractivity contribution is 0.573. The lowest BCUT2D eigenvalue weighted by Gasteiger charge is -2.17. The van der Waals surface area contributed by atoms with Crippen LogP contribution in [-0.2, 0) is 16.4 Å². The third kappa shape index (κ3) is 4.75. The number of pyridine rings is 1. The maximum absolute atomic E-state index is 11.3. The van der Waals surface area contributed by atoms with Gasteiger partial charge in [0.2, 0.25) is 10.0 Å². The van der Waals surface area contributed by atoms with Gasteiger partial charge in [-0.25, -0.2) is 13.1 Å². The summed E-state index contributed by atoms with van der Waals surface area (Å²) < 4.78 is 25.2. The highest BCUT2D eigenvalue weighted by molar-refractivity contribution is 7.88. The fourth-order valence-corrected chi connectivity index (χ4v) is 2.56. The van der Waals surface area contributed by atoms with Crippen LogP contribution in [0.25, 0.3) is 0 Å². The summed E-state index contributed by atoms with van der Waals surface area (Å²) in [5.41, 5.74) is 2.06. The molecule has 0 bridgehead atoms. The minimum atomic E-state index is -3.19. The predicted octanol–water partition coefficient (Wildman–Crippen LogP) is 1.96. The molecule has 1 unspecified atom stereocenters. The van der Waals surface area contributed by atoms with Crippen molar-refractivity contribution >= 4 is 10.0 Å². The van der Waals surface area contributed by atoms with Crippen molar-refractivity contribution in [2.75, 3.05) is 12.8 Å². The molecule has 0 radical (unpaired) electrons. The highest BCUT2D eigenvalue weighted by atomic mass is 32.2. The summed E-state index contributed by atoms with van der Waals surface area (Å²) in [4.78, 5) is 4.31. The van der Waals surface area contributed by atoms with E-state index in [1.807, 2.05) is 48.5 Å². The van der Waals surface area contributed by atoms with Gasteiger partial charge in [0.25, 0.3) is 0 Å². The van der Waals surface area contributed by atoms with E-state index in [9.17, 15) is 8.42 Å². The van der Waals surface area contributed by atoms with E-state index in [0.717, 1.165) is 11.3 Å². The number of hydrogen-bond acceptors (Lipinski definition) is 3. The first kappa shape index (κ1) is 14.7. The fourth-order valence-electron chi connectivity index (χ4n) is 2.06. The van der Waals surface area contributed by atoms with Crippen LogP contribution in [0.2, 0.25) is 0 Å². The summed E-state index contributed by atoms with van der Waals surface area (Å²) in [5, 5.41) is 0. The summed E-state index contributed by atoms with van der Waals surface area (Å²) in [6.07, 6.45) is 3.63. The molecule has 0 saturated carbocycles. The molecule has 20 heavy (non-hydrogen) atoms. The molecule has 0 aliphatic heterocycles. The zero-order valence-corrected chi connectivity index (χ0v) is 12.2. The maximum Gasteiger partial charge on any atom is 0.208 e.